The highest BCUT2D eigenvalue weighted by Crippen LogP contribution is 2.42. The lowest BCUT2D eigenvalue weighted by Gasteiger charge is -2.52. The summed E-state index contributed by atoms with van der Waals surface area (Å²) in [7, 11) is 0. The molecule has 4 amide bonds. The van der Waals surface area contributed by atoms with Crippen LogP contribution in [0, 0.1) is 0 Å². The first-order valence-electron chi connectivity index (χ1n) is 47.2. The molecule has 0 radical (unpaired) electrons. The third kappa shape index (κ3) is 35.0. The van der Waals surface area contributed by atoms with Crippen molar-refractivity contribution in [2.45, 2.75) is 460 Å². The van der Waals surface area contributed by atoms with Crippen molar-refractivity contribution in [3.05, 3.63) is 12.2 Å². The second kappa shape index (κ2) is 59.6. The third-order valence-electron chi connectivity index (χ3n) is 25.1. The lowest BCUT2D eigenvalue weighted by Crippen LogP contribution is -2.72. The molecule has 0 aromatic carbocycles. The molecule has 43 nitrogen and oxygen atoms in total. The Morgan fingerprint density at radius 2 is 0.779 bits per heavy atom. The number of ether oxygens (including phenoxy) is 12. The van der Waals surface area contributed by atoms with Crippen LogP contribution in [0.4, 0.5) is 0 Å². The summed E-state index contributed by atoms with van der Waals surface area (Å²) in [5, 5.41) is 246. The van der Waals surface area contributed by atoms with E-state index in [9.17, 15) is 136 Å². The van der Waals surface area contributed by atoms with Crippen molar-refractivity contribution < 1.29 is 193 Å². The Bertz CT molecular complexity index is 3270. The van der Waals surface area contributed by atoms with E-state index in [4.69, 9.17) is 56.8 Å². The van der Waals surface area contributed by atoms with E-state index in [0.29, 0.717) is 12.8 Å². The maximum atomic E-state index is 13.7. The Morgan fingerprint density at radius 3 is 1.21 bits per heavy atom. The third-order valence-corrected chi connectivity index (χ3v) is 25.1. The van der Waals surface area contributed by atoms with Gasteiger partial charge in [0.1, 0.15) is 134 Å². The molecule has 6 aliphatic rings. The number of hydrogen-bond donors (Lipinski definition) is 25. The standard InChI is InChI=1S/C88H156N4O39/c1-6-8-10-12-14-16-18-20-21-22-23-24-25-27-29-31-33-35-37-39-62(106)92-52(53(101)38-36-34-32-30-28-26-19-17-15-13-11-9-7-2)47-120-82-72(113)70(111)76(59(45-96)123-82)127-83-73(114)71(112)75(60(46-97)124-83)126-81-65(91-51(5)100)77(69(110)61(125-81)48-121-87(85(116)117)40-54(102)63(89-49(3)98)78(129-87)66(107)56(104)42-93)128-84-74(115)80(68(109)58(44-95)122-84)131-88(86(118)119)41-55(103)64(90-50(4)99)79(130-88)67(108)57(105)43-94/h36,38,52-61,63-84,93-97,101-105,107-115H,6-35,37,39-48H2,1-5H3,(H,89,98)(H,90,99)(H,91,100)(H,92,106)(H,116,117)(H,118,119)/b38-36+/t52-,53+,54?,55?,56+,57+,58?,59?,60?,61?,63+,64+,65?,66+,67+,68-,69-,70+,71+,72?,73?,74?,75-,76+,77+,78?,79?,80-,81-,82+,83-,84-,87+,88-/m0/s1. The molecule has 6 aliphatic heterocycles. The van der Waals surface area contributed by atoms with Crippen molar-refractivity contribution in [2.24, 2.45) is 0 Å². The summed E-state index contributed by atoms with van der Waals surface area (Å²) in [5.41, 5.74) is 0. The van der Waals surface area contributed by atoms with Crippen LogP contribution in [0.3, 0.4) is 0 Å². The Morgan fingerprint density at radius 1 is 0.412 bits per heavy atom. The summed E-state index contributed by atoms with van der Waals surface area (Å²) in [6, 6.07) is -6.80. The molecule has 43 heteroatoms. The predicted octanol–water partition coefficient (Wildman–Crippen LogP) is -2.31. The van der Waals surface area contributed by atoms with Gasteiger partial charge in [-0.15, -0.1) is 0 Å². The summed E-state index contributed by atoms with van der Waals surface area (Å²) >= 11 is 0. The number of carboxylic acid groups (broad SMARTS) is 2. The van der Waals surface area contributed by atoms with E-state index in [1.54, 1.807) is 6.08 Å². The Balaban J connectivity index is 1.22. The number of carboxylic acids is 2. The monoisotopic (exact) mass is 1890 g/mol. The normalized spacial score (nSPS) is 34.4. The van der Waals surface area contributed by atoms with Gasteiger partial charge in [0.25, 0.3) is 11.6 Å². The van der Waals surface area contributed by atoms with E-state index in [0.717, 1.165) is 85.0 Å². The smallest absolute Gasteiger partial charge is 0.364 e. The highest BCUT2D eigenvalue weighted by atomic mass is 16.8. The van der Waals surface area contributed by atoms with Gasteiger partial charge in [0.15, 0.2) is 25.2 Å². The molecule has 762 valence electrons. The second-order valence-electron chi connectivity index (χ2n) is 35.7. The molecule has 0 bridgehead atoms. The van der Waals surface area contributed by atoms with Gasteiger partial charge in [0.05, 0.1) is 82.7 Å². The fourth-order valence-electron chi connectivity index (χ4n) is 17.5. The van der Waals surface area contributed by atoms with Gasteiger partial charge >= 0.3 is 11.9 Å². The zero-order chi connectivity index (χ0) is 96.7. The molecular weight excluding hydrogens is 1740 g/mol. The fraction of sp³-hybridized carbons (Fsp3) is 0.909. The average Bonchev–Trinajstić information content (AvgIpc) is 0.759. The lowest BCUT2D eigenvalue weighted by atomic mass is 9.88. The first-order chi connectivity index (χ1) is 62.5. The molecule has 12 unspecified atom stereocenters. The minimum atomic E-state index is -3.36. The molecule has 6 rings (SSSR count). The molecule has 6 heterocycles. The molecular formula is C88H156N4O39. The van der Waals surface area contributed by atoms with Gasteiger partial charge in [-0.2, -0.15) is 0 Å². The number of carbonyl (C=O) groups is 6. The molecule has 34 atom stereocenters. The number of carbonyl (C=O) groups excluding carboxylic acids is 4. The summed E-state index contributed by atoms with van der Waals surface area (Å²) < 4.78 is 71.6. The predicted molar refractivity (Wildman–Crippen MR) is 458 cm³/mol. The van der Waals surface area contributed by atoms with Crippen molar-refractivity contribution in [1.29, 1.82) is 0 Å². The van der Waals surface area contributed by atoms with Gasteiger partial charge < -0.3 is 185 Å². The van der Waals surface area contributed by atoms with E-state index in [2.05, 4.69) is 35.1 Å². The minimum Gasteiger partial charge on any atom is -0.477 e. The highest BCUT2D eigenvalue weighted by Gasteiger charge is 2.63. The summed E-state index contributed by atoms with van der Waals surface area (Å²) in [6.07, 6.45) is -24.6. The number of rotatable bonds is 63. The summed E-state index contributed by atoms with van der Waals surface area (Å²) in [5.74, 6) is -14.1. The molecule has 0 spiro atoms. The average molecular weight is 1890 g/mol. The Labute approximate surface area is 765 Å². The van der Waals surface area contributed by atoms with Gasteiger partial charge in [-0.1, -0.05) is 206 Å². The molecule has 0 aliphatic carbocycles. The zero-order valence-corrected chi connectivity index (χ0v) is 76.4. The number of aliphatic hydroxyl groups is 19. The van der Waals surface area contributed by atoms with Gasteiger partial charge in [0.2, 0.25) is 23.6 Å². The number of aliphatic carboxylic acids is 2. The number of amides is 4. The SMILES string of the molecule is CCCCCCCCCCCCC/C=C/[C@@H](O)[C@H](CO[C@@H]1OC(CO)[C@@H](O[C@@H]2OC(CO)[C@H](O[C@@H]3OC(CO[C@]4(C(=O)O)CC(O)[C@@H](NC(C)=O)C([C@H](O)[C@H](O)CO)O4)[C@H](O)[C@H](O[C@@H]4OC(CO)[C@H](O)[C@H](O[C@]5(C(=O)O)CC(O)[C@@H](NC(C)=O)C([C@H](O)[C@H](O)CO)O5)C4O)C3NC(C)=O)[C@H](O)C2O)[C@H](O)C1O)NC(=O)CCCCCCCCCCCCCCCCCCCCC. The molecule has 6 fully saturated rings. The van der Waals surface area contributed by atoms with Crippen LogP contribution in [0.1, 0.15) is 253 Å². The molecule has 0 aromatic heterocycles. The van der Waals surface area contributed by atoms with Crippen LogP contribution in [0.5, 0.6) is 0 Å². The van der Waals surface area contributed by atoms with Gasteiger partial charge in [-0.3, -0.25) is 19.2 Å². The first kappa shape index (κ1) is 115. The van der Waals surface area contributed by atoms with Gasteiger partial charge in [-0.05, 0) is 19.3 Å². The maximum Gasteiger partial charge on any atom is 0.364 e. The number of hydrogen-bond acceptors (Lipinski definition) is 37. The van der Waals surface area contributed by atoms with Crippen LogP contribution in [0.25, 0.3) is 0 Å². The molecule has 131 heavy (non-hydrogen) atoms. The van der Waals surface area contributed by atoms with E-state index in [-0.39, 0.29) is 12.3 Å². The van der Waals surface area contributed by atoms with E-state index in [1.165, 1.54) is 122 Å². The number of nitrogens with one attached hydrogen (secondary N) is 4. The quantitative estimate of drug-likeness (QED) is 0.0225. The topological polar surface area (TPSA) is 686 Å². The fourth-order valence-corrected chi connectivity index (χ4v) is 17.5. The van der Waals surface area contributed by atoms with Crippen LogP contribution in [0.15, 0.2) is 12.2 Å². The van der Waals surface area contributed by atoms with E-state index < -0.39 is 296 Å². The van der Waals surface area contributed by atoms with Crippen molar-refractivity contribution in [1.82, 2.24) is 21.3 Å². The van der Waals surface area contributed by atoms with Crippen molar-refractivity contribution in [2.75, 3.05) is 46.2 Å². The maximum absolute atomic E-state index is 13.7. The van der Waals surface area contributed by atoms with Crippen LogP contribution in [-0.4, -0.2) is 396 Å². The van der Waals surface area contributed by atoms with Crippen LogP contribution in [0.2, 0.25) is 0 Å². The Kier molecular flexibility index (Phi) is 52.3. The highest BCUT2D eigenvalue weighted by molar-refractivity contribution is 5.78. The lowest BCUT2D eigenvalue weighted by molar-refractivity contribution is -0.391. The second-order valence-corrected chi connectivity index (χ2v) is 35.7. The number of aliphatic hydroxyl groups excluding tert-OH is 19. The van der Waals surface area contributed by atoms with E-state index in [1.807, 2.05) is 6.08 Å². The van der Waals surface area contributed by atoms with Crippen molar-refractivity contribution in [3.63, 3.8) is 0 Å². The summed E-state index contributed by atoms with van der Waals surface area (Å²) in [6.45, 7) is -0.583. The van der Waals surface area contributed by atoms with Crippen LogP contribution < -0.4 is 21.3 Å². The Hall–Kier alpha value is -4.68. The molecule has 6 saturated heterocycles. The van der Waals surface area contributed by atoms with Crippen molar-refractivity contribution in [3.8, 4) is 0 Å². The van der Waals surface area contributed by atoms with Crippen LogP contribution in [-0.2, 0) is 85.6 Å². The molecule has 0 saturated carbocycles. The molecule has 25 N–H and O–H groups in total. The number of allylic oxidation sites excluding steroid dienone is 1. The van der Waals surface area contributed by atoms with E-state index >= 15 is 0 Å². The van der Waals surface area contributed by atoms with Crippen LogP contribution >= 0.6 is 0 Å². The van der Waals surface area contributed by atoms with Crippen molar-refractivity contribution >= 4 is 35.6 Å². The number of unbranched alkanes of at least 4 members (excludes halogenated alkanes) is 29. The summed E-state index contributed by atoms with van der Waals surface area (Å²) in [4.78, 5) is 78.9. The molecule has 0 aromatic rings. The van der Waals surface area contributed by atoms with Gasteiger partial charge in [-0.25, -0.2) is 9.59 Å². The first-order valence-corrected chi connectivity index (χ1v) is 47.2. The minimum absolute atomic E-state index is 0.129. The zero-order valence-electron chi connectivity index (χ0n) is 76.4. The van der Waals surface area contributed by atoms with Gasteiger partial charge in [0, 0.05) is 40.0 Å². The largest absolute Gasteiger partial charge is 0.477 e.